The number of rotatable bonds is 3. The van der Waals surface area contributed by atoms with Crippen LogP contribution in [0.4, 0.5) is 0 Å². The fraction of sp³-hybridized carbons (Fsp3) is 0.0455. The molecule has 48 heavy (non-hydrogen) atoms. The molecule has 224 valence electrons. The Morgan fingerprint density at radius 3 is 2.19 bits per heavy atom. The van der Waals surface area contributed by atoms with Crippen molar-refractivity contribution in [1.82, 2.24) is 9.97 Å². The average Bonchev–Trinajstić information content (AvgIpc) is 3.83. The van der Waals surface area contributed by atoms with Gasteiger partial charge in [0, 0.05) is 38.8 Å². The van der Waals surface area contributed by atoms with Crippen LogP contribution in [0.25, 0.3) is 94.0 Å². The van der Waals surface area contributed by atoms with Crippen molar-refractivity contribution in [2.24, 2.45) is 0 Å². The fourth-order valence-corrected chi connectivity index (χ4v) is 7.96. The molecule has 2 aliphatic rings. The molecule has 4 heteroatoms. The van der Waals surface area contributed by atoms with Crippen LogP contribution in [0.2, 0.25) is 0 Å². The van der Waals surface area contributed by atoms with E-state index in [9.17, 15) is 0 Å². The van der Waals surface area contributed by atoms with Crippen molar-refractivity contribution in [2.75, 3.05) is 0 Å². The highest BCUT2D eigenvalue weighted by molar-refractivity contribution is 6.25. The Balaban J connectivity index is 1.18. The third kappa shape index (κ3) is 3.54. The molecular weight excluding hydrogens is 588 g/mol. The molecular formula is C44H26N2O2. The van der Waals surface area contributed by atoms with Crippen molar-refractivity contribution >= 4 is 60.4 Å². The van der Waals surface area contributed by atoms with E-state index in [1.54, 1.807) is 0 Å². The molecule has 2 aliphatic carbocycles. The molecule has 11 rings (SSSR count). The summed E-state index contributed by atoms with van der Waals surface area (Å²) in [4.78, 5) is 10.7. The lowest BCUT2D eigenvalue weighted by atomic mass is 9.89. The van der Waals surface area contributed by atoms with Crippen LogP contribution in [0.5, 0.6) is 0 Å². The standard InChI is InChI=1S/C44H26N2O2/c1-2-9-25(10-3-1)26-17-19-28(20-18-26)40-43-41(33-13-5-7-16-36(33)48-43)46-44(45-40)34-22-21-27-11-8-14-30-31-23-24-32-29-12-4-6-15-35(29)47-42(32)39(31)38(34)37(27)30/h1-17,19-24,26H,18H2. The molecule has 9 aromatic rings. The van der Waals surface area contributed by atoms with Gasteiger partial charge in [-0.15, -0.1) is 0 Å². The second-order valence-electron chi connectivity index (χ2n) is 12.8. The smallest absolute Gasteiger partial charge is 0.180 e. The molecule has 1 atom stereocenters. The maximum absolute atomic E-state index is 6.66. The van der Waals surface area contributed by atoms with Crippen molar-refractivity contribution in [3.05, 3.63) is 151 Å². The van der Waals surface area contributed by atoms with Crippen LogP contribution in [-0.2, 0) is 0 Å². The molecule has 0 N–H and O–H groups in total. The van der Waals surface area contributed by atoms with Crippen LogP contribution in [0, 0.1) is 0 Å². The Labute approximate surface area is 275 Å². The summed E-state index contributed by atoms with van der Waals surface area (Å²) in [6.45, 7) is 0. The Hall–Kier alpha value is -6.26. The molecule has 0 spiro atoms. The Morgan fingerprint density at radius 1 is 0.562 bits per heavy atom. The minimum absolute atomic E-state index is 0.324. The summed E-state index contributed by atoms with van der Waals surface area (Å²) in [6.07, 6.45) is 7.67. The Morgan fingerprint density at radius 2 is 1.33 bits per heavy atom. The first-order valence-electron chi connectivity index (χ1n) is 16.4. The molecule has 0 radical (unpaired) electrons. The van der Waals surface area contributed by atoms with Gasteiger partial charge in [-0.2, -0.15) is 0 Å². The first-order valence-corrected chi connectivity index (χ1v) is 16.4. The van der Waals surface area contributed by atoms with Crippen LogP contribution in [0.3, 0.4) is 0 Å². The van der Waals surface area contributed by atoms with E-state index >= 15 is 0 Å². The summed E-state index contributed by atoms with van der Waals surface area (Å²) in [5.74, 6) is 1.00. The molecule has 3 heterocycles. The van der Waals surface area contributed by atoms with Gasteiger partial charge in [0.1, 0.15) is 28.0 Å². The number of para-hydroxylation sites is 2. The second-order valence-corrected chi connectivity index (χ2v) is 12.8. The summed E-state index contributed by atoms with van der Waals surface area (Å²) < 4.78 is 13.2. The number of aromatic nitrogens is 2. The van der Waals surface area contributed by atoms with Crippen molar-refractivity contribution < 1.29 is 8.83 Å². The van der Waals surface area contributed by atoms with E-state index in [1.807, 2.05) is 30.3 Å². The first-order chi connectivity index (χ1) is 23.8. The molecule has 0 saturated heterocycles. The molecule has 3 aromatic heterocycles. The molecule has 0 aliphatic heterocycles. The lowest BCUT2D eigenvalue weighted by molar-refractivity contribution is 0.664. The minimum atomic E-state index is 0.324. The van der Waals surface area contributed by atoms with Gasteiger partial charge in [-0.1, -0.05) is 109 Å². The maximum Gasteiger partial charge on any atom is 0.180 e. The van der Waals surface area contributed by atoms with E-state index < -0.39 is 0 Å². The van der Waals surface area contributed by atoms with Crippen molar-refractivity contribution in [1.29, 1.82) is 0 Å². The van der Waals surface area contributed by atoms with Gasteiger partial charge >= 0.3 is 0 Å². The third-order valence-electron chi connectivity index (χ3n) is 10.2. The molecule has 0 saturated carbocycles. The van der Waals surface area contributed by atoms with Gasteiger partial charge in [0.2, 0.25) is 0 Å². The molecule has 6 aromatic carbocycles. The summed E-state index contributed by atoms with van der Waals surface area (Å²) in [5.41, 5.74) is 12.9. The van der Waals surface area contributed by atoms with Gasteiger partial charge in [0.15, 0.2) is 11.4 Å². The molecule has 0 amide bonds. The number of fused-ring (bicyclic) bond motifs is 10. The lowest BCUT2D eigenvalue weighted by Gasteiger charge is -2.17. The maximum atomic E-state index is 6.66. The zero-order chi connectivity index (χ0) is 31.3. The monoisotopic (exact) mass is 614 g/mol. The third-order valence-corrected chi connectivity index (χ3v) is 10.2. The molecule has 1 unspecified atom stereocenters. The van der Waals surface area contributed by atoms with E-state index in [0.29, 0.717) is 17.3 Å². The zero-order valence-electron chi connectivity index (χ0n) is 25.8. The largest absolute Gasteiger partial charge is 0.455 e. The normalized spacial score (nSPS) is 15.2. The highest BCUT2D eigenvalue weighted by Gasteiger charge is 2.30. The topological polar surface area (TPSA) is 52.1 Å². The quantitative estimate of drug-likeness (QED) is 0.199. The van der Waals surface area contributed by atoms with E-state index in [1.165, 1.54) is 27.5 Å². The Bertz CT molecular complexity index is 2870. The van der Waals surface area contributed by atoms with E-state index in [0.717, 1.165) is 72.8 Å². The number of nitrogens with zero attached hydrogens (tertiary/aromatic N) is 2. The van der Waals surface area contributed by atoms with Crippen molar-refractivity contribution in [3.8, 4) is 33.6 Å². The zero-order valence-corrected chi connectivity index (χ0v) is 25.8. The van der Waals surface area contributed by atoms with Gasteiger partial charge in [-0.25, -0.2) is 9.97 Å². The second kappa shape index (κ2) is 9.63. The highest BCUT2D eigenvalue weighted by Crippen LogP contribution is 2.54. The van der Waals surface area contributed by atoms with Crippen molar-refractivity contribution in [3.63, 3.8) is 0 Å². The number of furan rings is 2. The summed E-state index contributed by atoms with van der Waals surface area (Å²) in [6, 6.07) is 42.5. The van der Waals surface area contributed by atoms with Gasteiger partial charge in [0.05, 0.1) is 0 Å². The minimum Gasteiger partial charge on any atom is -0.455 e. The Kier molecular flexibility index (Phi) is 5.19. The number of hydrogen-bond donors (Lipinski definition) is 0. The summed E-state index contributed by atoms with van der Waals surface area (Å²) in [5, 5.41) is 5.62. The molecule has 0 bridgehead atoms. The van der Waals surface area contributed by atoms with Crippen LogP contribution in [0.15, 0.2) is 148 Å². The molecule has 4 nitrogen and oxygen atoms in total. The molecule has 0 fully saturated rings. The van der Waals surface area contributed by atoms with Gasteiger partial charge in [-0.3, -0.25) is 0 Å². The lowest BCUT2D eigenvalue weighted by Crippen LogP contribution is -2.02. The van der Waals surface area contributed by atoms with Gasteiger partial charge < -0.3 is 8.83 Å². The van der Waals surface area contributed by atoms with Crippen molar-refractivity contribution in [2.45, 2.75) is 12.3 Å². The number of benzene rings is 6. The van der Waals surface area contributed by atoms with E-state index in [2.05, 4.69) is 109 Å². The van der Waals surface area contributed by atoms with Crippen LogP contribution in [0.1, 0.15) is 23.6 Å². The summed E-state index contributed by atoms with van der Waals surface area (Å²) in [7, 11) is 0. The van der Waals surface area contributed by atoms with Crippen LogP contribution in [-0.4, -0.2) is 9.97 Å². The fourth-order valence-electron chi connectivity index (χ4n) is 7.96. The van der Waals surface area contributed by atoms with Crippen LogP contribution >= 0.6 is 0 Å². The number of hydrogen-bond acceptors (Lipinski definition) is 4. The average molecular weight is 615 g/mol. The summed E-state index contributed by atoms with van der Waals surface area (Å²) >= 11 is 0. The predicted molar refractivity (Wildman–Crippen MR) is 195 cm³/mol. The van der Waals surface area contributed by atoms with Gasteiger partial charge in [0.25, 0.3) is 0 Å². The van der Waals surface area contributed by atoms with E-state index in [4.69, 9.17) is 18.8 Å². The number of allylic oxidation sites excluding steroid dienone is 4. The SMILES string of the molecule is C1=CC(c2ccccc2)CC=C1c1nc(-c2ccc3cccc4c3c2-c2c-4ccc3c2oc2ccccc23)nc2c1oc1ccccc12. The highest BCUT2D eigenvalue weighted by atomic mass is 16.3. The predicted octanol–water partition coefficient (Wildman–Crippen LogP) is 11.9. The first kappa shape index (κ1) is 25.9. The van der Waals surface area contributed by atoms with E-state index in [-0.39, 0.29) is 0 Å². The van der Waals surface area contributed by atoms with Gasteiger partial charge in [-0.05, 0) is 69.8 Å². The van der Waals surface area contributed by atoms with Crippen LogP contribution < -0.4 is 0 Å².